The number of rotatable bonds is 11. The SMILES string of the molecule is COc1ccc(CCNC(=O)COc2ccc(S(=O)(=O)Nc3cccc(OC)c3)cc2)cc1. The average molecular weight is 471 g/mol. The van der Waals surface area contributed by atoms with Crippen molar-refractivity contribution < 1.29 is 27.4 Å². The molecule has 0 aliphatic rings. The van der Waals surface area contributed by atoms with Crippen molar-refractivity contribution >= 4 is 21.6 Å². The van der Waals surface area contributed by atoms with Crippen molar-refractivity contribution in [2.45, 2.75) is 11.3 Å². The van der Waals surface area contributed by atoms with E-state index in [1.165, 1.54) is 31.4 Å². The van der Waals surface area contributed by atoms with Gasteiger partial charge in [-0.2, -0.15) is 0 Å². The van der Waals surface area contributed by atoms with E-state index in [9.17, 15) is 13.2 Å². The molecule has 174 valence electrons. The van der Waals surface area contributed by atoms with Crippen LogP contribution in [-0.4, -0.2) is 41.7 Å². The molecule has 3 aromatic rings. The maximum atomic E-state index is 12.6. The number of amides is 1. The summed E-state index contributed by atoms with van der Waals surface area (Å²) < 4.78 is 43.4. The van der Waals surface area contributed by atoms with Gasteiger partial charge in [0, 0.05) is 12.6 Å². The maximum absolute atomic E-state index is 12.6. The number of benzene rings is 3. The summed E-state index contributed by atoms with van der Waals surface area (Å²) in [7, 11) is -0.658. The second-order valence-electron chi connectivity index (χ2n) is 7.05. The number of nitrogens with one attached hydrogen (secondary N) is 2. The second kappa shape index (κ2) is 11.2. The molecule has 0 saturated heterocycles. The van der Waals surface area contributed by atoms with Crippen LogP contribution in [0.15, 0.2) is 77.7 Å². The Balaban J connectivity index is 1.46. The molecule has 0 aliphatic heterocycles. The lowest BCUT2D eigenvalue weighted by atomic mass is 10.1. The molecule has 3 rings (SSSR count). The van der Waals surface area contributed by atoms with Crippen LogP contribution in [0.5, 0.6) is 17.2 Å². The molecule has 0 fully saturated rings. The molecule has 0 spiro atoms. The normalized spacial score (nSPS) is 10.8. The number of anilines is 1. The lowest BCUT2D eigenvalue weighted by Crippen LogP contribution is -2.30. The number of sulfonamides is 1. The highest BCUT2D eigenvalue weighted by molar-refractivity contribution is 7.92. The predicted molar refractivity (Wildman–Crippen MR) is 125 cm³/mol. The smallest absolute Gasteiger partial charge is 0.261 e. The predicted octanol–water partition coefficient (Wildman–Crippen LogP) is 3.24. The quantitative estimate of drug-likeness (QED) is 0.446. The molecule has 3 aromatic carbocycles. The highest BCUT2D eigenvalue weighted by atomic mass is 32.2. The van der Waals surface area contributed by atoms with E-state index >= 15 is 0 Å². The van der Waals surface area contributed by atoms with Crippen molar-refractivity contribution in [3.63, 3.8) is 0 Å². The summed E-state index contributed by atoms with van der Waals surface area (Å²) in [6.45, 7) is 0.304. The van der Waals surface area contributed by atoms with E-state index in [0.29, 0.717) is 30.2 Å². The third-order valence-corrected chi connectivity index (χ3v) is 6.12. The van der Waals surface area contributed by atoms with Gasteiger partial charge in [0.25, 0.3) is 15.9 Å². The first-order chi connectivity index (χ1) is 15.9. The Kier molecular flexibility index (Phi) is 8.15. The summed E-state index contributed by atoms with van der Waals surface area (Å²) in [5.74, 6) is 1.45. The summed E-state index contributed by atoms with van der Waals surface area (Å²) in [6, 6.07) is 20.1. The third-order valence-electron chi connectivity index (χ3n) is 4.72. The number of hydrogen-bond donors (Lipinski definition) is 2. The van der Waals surface area contributed by atoms with Gasteiger partial charge < -0.3 is 19.5 Å². The number of ether oxygens (including phenoxy) is 3. The number of methoxy groups -OCH3 is 2. The van der Waals surface area contributed by atoms with Gasteiger partial charge in [0.05, 0.1) is 24.8 Å². The third kappa shape index (κ3) is 7.15. The molecule has 0 atom stereocenters. The van der Waals surface area contributed by atoms with Gasteiger partial charge in [0.1, 0.15) is 17.2 Å². The molecule has 0 aromatic heterocycles. The van der Waals surface area contributed by atoms with Crippen LogP contribution in [0.2, 0.25) is 0 Å². The first-order valence-electron chi connectivity index (χ1n) is 10.2. The first-order valence-corrected chi connectivity index (χ1v) is 11.7. The number of carbonyl (C=O) groups excluding carboxylic acids is 1. The fraction of sp³-hybridized carbons (Fsp3) is 0.208. The fourth-order valence-electron chi connectivity index (χ4n) is 2.95. The zero-order valence-corrected chi connectivity index (χ0v) is 19.2. The van der Waals surface area contributed by atoms with E-state index in [1.54, 1.807) is 31.4 Å². The molecule has 0 heterocycles. The molecule has 0 radical (unpaired) electrons. The maximum Gasteiger partial charge on any atom is 0.261 e. The van der Waals surface area contributed by atoms with Gasteiger partial charge in [-0.15, -0.1) is 0 Å². The van der Waals surface area contributed by atoms with Crippen LogP contribution in [0.4, 0.5) is 5.69 Å². The molecule has 33 heavy (non-hydrogen) atoms. The Morgan fingerprint density at radius 1 is 0.848 bits per heavy atom. The van der Waals surface area contributed by atoms with E-state index < -0.39 is 10.0 Å². The van der Waals surface area contributed by atoms with Crippen molar-refractivity contribution in [1.82, 2.24) is 5.32 Å². The van der Waals surface area contributed by atoms with Gasteiger partial charge in [-0.25, -0.2) is 8.42 Å². The van der Waals surface area contributed by atoms with Crippen molar-refractivity contribution in [1.29, 1.82) is 0 Å². The molecule has 2 N–H and O–H groups in total. The molecule has 0 unspecified atom stereocenters. The zero-order chi connectivity index (χ0) is 23.7. The Bertz CT molecular complexity index is 1160. The van der Waals surface area contributed by atoms with Gasteiger partial charge >= 0.3 is 0 Å². The summed E-state index contributed by atoms with van der Waals surface area (Å²) in [5.41, 5.74) is 1.47. The lowest BCUT2D eigenvalue weighted by Gasteiger charge is -2.11. The number of hydrogen-bond acceptors (Lipinski definition) is 6. The van der Waals surface area contributed by atoms with Crippen LogP contribution < -0.4 is 24.2 Å². The van der Waals surface area contributed by atoms with E-state index in [0.717, 1.165) is 11.3 Å². The van der Waals surface area contributed by atoms with Crippen LogP contribution in [-0.2, 0) is 21.2 Å². The van der Waals surface area contributed by atoms with E-state index in [4.69, 9.17) is 14.2 Å². The lowest BCUT2D eigenvalue weighted by molar-refractivity contribution is -0.123. The first kappa shape index (κ1) is 23.9. The van der Waals surface area contributed by atoms with E-state index in [2.05, 4.69) is 10.0 Å². The number of carbonyl (C=O) groups is 1. The molecular formula is C24H26N2O6S. The monoisotopic (exact) mass is 470 g/mol. The van der Waals surface area contributed by atoms with Crippen LogP contribution in [0.3, 0.4) is 0 Å². The molecule has 0 aliphatic carbocycles. The van der Waals surface area contributed by atoms with Gasteiger partial charge in [-0.05, 0) is 60.5 Å². The Labute approximate surface area is 193 Å². The van der Waals surface area contributed by atoms with E-state index in [-0.39, 0.29) is 17.4 Å². The molecule has 0 saturated carbocycles. The zero-order valence-electron chi connectivity index (χ0n) is 18.4. The highest BCUT2D eigenvalue weighted by Gasteiger charge is 2.15. The minimum absolute atomic E-state index is 0.0709. The van der Waals surface area contributed by atoms with Gasteiger partial charge in [-0.3, -0.25) is 9.52 Å². The van der Waals surface area contributed by atoms with Crippen LogP contribution >= 0.6 is 0 Å². The fourth-order valence-corrected chi connectivity index (χ4v) is 4.00. The van der Waals surface area contributed by atoms with Crippen molar-refractivity contribution in [2.75, 3.05) is 32.1 Å². The molecule has 9 heteroatoms. The van der Waals surface area contributed by atoms with Gasteiger partial charge in [0.2, 0.25) is 0 Å². The summed E-state index contributed by atoms with van der Waals surface area (Å²) in [5, 5.41) is 2.79. The highest BCUT2D eigenvalue weighted by Crippen LogP contribution is 2.22. The van der Waals surface area contributed by atoms with Gasteiger partial charge in [0.15, 0.2) is 6.61 Å². The summed E-state index contributed by atoms with van der Waals surface area (Å²) in [6.07, 6.45) is 0.683. The molecule has 0 bridgehead atoms. The second-order valence-corrected chi connectivity index (χ2v) is 8.73. The molecular weight excluding hydrogens is 444 g/mol. The Hall–Kier alpha value is -3.72. The van der Waals surface area contributed by atoms with E-state index in [1.807, 2.05) is 24.3 Å². The van der Waals surface area contributed by atoms with Crippen LogP contribution in [0.25, 0.3) is 0 Å². The minimum Gasteiger partial charge on any atom is -0.497 e. The van der Waals surface area contributed by atoms with Crippen molar-refractivity contribution in [2.24, 2.45) is 0 Å². The Morgan fingerprint density at radius 2 is 1.52 bits per heavy atom. The van der Waals surface area contributed by atoms with Crippen LogP contribution in [0, 0.1) is 0 Å². The Morgan fingerprint density at radius 3 is 2.18 bits per heavy atom. The van der Waals surface area contributed by atoms with Crippen LogP contribution in [0.1, 0.15) is 5.56 Å². The van der Waals surface area contributed by atoms with Gasteiger partial charge in [-0.1, -0.05) is 18.2 Å². The summed E-state index contributed by atoms with van der Waals surface area (Å²) in [4.78, 5) is 12.1. The molecule has 8 nitrogen and oxygen atoms in total. The van der Waals surface area contributed by atoms with Crippen molar-refractivity contribution in [3.05, 3.63) is 78.4 Å². The largest absolute Gasteiger partial charge is 0.497 e. The summed E-state index contributed by atoms with van der Waals surface area (Å²) >= 11 is 0. The standard InChI is InChI=1S/C24H26N2O6S/c1-30-20-8-6-18(7-9-20)14-15-25-24(27)17-32-21-10-12-23(13-11-21)33(28,29)26-19-4-3-5-22(16-19)31-2/h3-13,16,26H,14-15,17H2,1-2H3,(H,25,27). The average Bonchev–Trinajstić information content (AvgIpc) is 2.83. The van der Waals surface area contributed by atoms with Crippen molar-refractivity contribution in [3.8, 4) is 17.2 Å². The minimum atomic E-state index is -3.78. The molecule has 1 amide bonds. The topological polar surface area (TPSA) is 103 Å².